The molecular formula is C17H25N3O4. The highest BCUT2D eigenvalue weighted by atomic mass is 16.6. The first kappa shape index (κ1) is 18.4. The van der Waals surface area contributed by atoms with Crippen LogP contribution in [0, 0.1) is 23.0 Å². The third kappa shape index (κ3) is 5.01. The van der Waals surface area contributed by atoms with Crippen LogP contribution in [0.4, 0.5) is 5.69 Å². The molecule has 1 aliphatic heterocycles. The number of nitrogens with zero attached hydrogens (tertiary/aromatic N) is 2. The number of carbonyl (C=O) groups excluding carboxylic acids is 1. The van der Waals surface area contributed by atoms with Gasteiger partial charge in [-0.25, -0.2) is 0 Å². The molecule has 1 aliphatic rings. The molecule has 1 amide bonds. The number of hydrogen-bond acceptors (Lipinski definition) is 5. The minimum absolute atomic E-state index is 0.0370. The number of methoxy groups -OCH3 is 1. The Hall–Kier alpha value is -1.99. The molecule has 0 unspecified atom stereocenters. The summed E-state index contributed by atoms with van der Waals surface area (Å²) < 4.78 is 5.09. The van der Waals surface area contributed by atoms with Gasteiger partial charge in [0, 0.05) is 37.4 Å². The lowest BCUT2D eigenvalue weighted by Gasteiger charge is -2.31. The number of amides is 1. The molecule has 24 heavy (non-hydrogen) atoms. The van der Waals surface area contributed by atoms with Gasteiger partial charge in [-0.2, -0.15) is 0 Å². The molecule has 0 atom stereocenters. The molecule has 7 nitrogen and oxygen atoms in total. The van der Waals surface area contributed by atoms with Crippen LogP contribution in [0.15, 0.2) is 18.2 Å². The van der Waals surface area contributed by atoms with E-state index in [-0.39, 0.29) is 11.6 Å². The average molecular weight is 335 g/mol. The van der Waals surface area contributed by atoms with E-state index in [9.17, 15) is 14.9 Å². The van der Waals surface area contributed by atoms with Crippen molar-refractivity contribution in [1.82, 2.24) is 10.2 Å². The number of likely N-dealkylation sites (tertiary alicyclic amines) is 1. The topological polar surface area (TPSA) is 84.7 Å². The number of carbonyl (C=O) groups is 1. The first-order chi connectivity index (χ1) is 11.5. The van der Waals surface area contributed by atoms with Crippen molar-refractivity contribution in [2.75, 3.05) is 39.9 Å². The molecule has 0 radical (unpaired) electrons. The molecule has 0 bridgehead atoms. The van der Waals surface area contributed by atoms with Crippen LogP contribution in [-0.4, -0.2) is 55.6 Å². The Morgan fingerprint density at radius 1 is 1.42 bits per heavy atom. The number of piperidine rings is 1. The number of nitro benzene ring substituents is 1. The van der Waals surface area contributed by atoms with E-state index in [0.717, 1.165) is 39.1 Å². The van der Waals surface area contributed by atoms with Gasteiger partial charge >= 0.3 is 0 Å². The lowest BCUT2D eigenvalue weighted by Crippen LogP contribution is -2.39. The summed E-state index contributed by atoms with van der Waals surface area (Å²) in [6, 6.07) is 4.47. The molecule has 0 aromatic heterocycles. The maximum absolute atomic E-state index is 12.2. The Morgan fingerprint density at radius 3 is 2.71 bits per heavy atom. The molecule has 7 heteroatoms. The van der Waals surface area contributed by atoms with E-state index in [1.165, 1.54) is 12.1 Å². The van der Waals surface area contributed by atoms with Crippen molar-refractivity contribution in [3.63, 3.8) is 0 Å². The van der Waals surface area contributed by atoms with E-state index in [0.29, 0.717) is 23.6 Å². The van der Waals surface area contributed by atoms with Crippen LogP contribution < -0.4 is 5.32 Å². The van der Waals surface area contributed by atoms with Crippen molar-refractivity contribution in [1.29, 1.82) is 0 Å². The Morgan fingerprint density at radius 2 is 2.12 bits per heavy atom. The number of ether oxygens (including phenoxy) is 1. The first-order valence-electron chi connectivity index (χ1n) is 8.25. The summed E-state index contributed by atoms with van der Waals surface area (Å²) in [5, 5.41) is 13.8. The van der Waals surface area contributed by atoms with Crippen LogP contribution in [0.2, 0.25) is 0 Å². The highest BCUT2D eigenvalue weighted by Crippen LogP contribution is 2.19. The second-order valence-corrected chi connectivity index (χ2v) is 6.25. The number of nitro groups is 1. The molecule has 132 valence electrons. The van der Waals surface area contributed by atoms with E-state index in [1.807, 2.05) is 0 Å². The first-order valence-corrected chi connectivity index (χ1v) is 8.25. The summed E-state index contributed by atoms with van der Waals surface area (Å²) in [6.45, 7) is 6.05. The van der Waals surface area contributed by atoms with E-state index in [2.05, 4.69) is 10.2 Å². The lowest BCUT2D eigenvalue weighted by atomic mass is 9.96. The fraction of sp³-hybridized carbons (Fsp3) is 0.588. The summed E-state index contributed by atoms with van der Waals surface area (Å²) in [7, 11) is 1.71. The van der Waals surface area contributed by atoms with Gasteiger partial charge < -0.3 is 15.0 Å². The van der Waals surface area contributed by atoms with E-state index in [4.69, 9.17) is 4.74 Å². The van der Waals surface area contributed by atoms with Gasteiger partial charge in [0.15, 0.2) is 0 Å². The molecule has 1 heterocycles. The maximum atomic E-state index is 12.2. The van der Waals surface area contributed by atoms with Crippen LogP contribution in [0.5, 0.6) is 0 Å². The van der Waals surface area contributed by atoms with Crippen molar-refractivity contribution >= 4 is 11.6 Å². The van der Waals surface area contributed by atoms with Gasteiger partial charge in [-0.1, -0.05) is 0 Å². The summed E-state index contributed by atoms with van der Waals surface area (Å²) in [5.41, 5.74) is 1.00. The standard InChI is InChI=1S/C17H25N3O4/c1-13-11-15(3-4-16(13)20(22)23)17(21)18-12-14-5-7-19(8-6-14)9-10-24-2/h3-4,11,14H,5-10,12H2,1-2H3,(H,18,21). The van der Waals surface area contributed by atoms with Crippen LogP contribution in [0.25, 0.3) is 0 Å². The second kappa shape index (κ2) is 8.75. The summed E-state index contributed by atoms with van der Waals surface area (Å²) in [6.07, 6.45) is 2.12. The van der Waals surface area contributed by atoms with Crippen molar-refractivity contribution in [2.24, 2.45) is 5.92 Å². The van der Waals surface area contributed by atoms with Gasteiger partial charge in [0.05, 0.1) is 11.5 Å². The van der Waals surface area contributed by atoms with E-state index < -0.39 is 4.92 Å². The highest BCUT2D eigenvalue weighted by molar-refractivity contribution is 5.94. The smallest absolute Gasteiger partial charge is 0.272 e. The fourth-order valence-corrected chi connectivity index (χ4v) is 2.98. The minimum Gasteiger partial charge on any atom is -0.383 e. The molecule has 0 aliphatic carbocycles. The van der Waals surface area contributed by atoms with Crippen molar-refractivity contribution < 1.29 is 14.5 Å². The highest BCUT2D eigenvalue weighted by Gasteiger charge is 2.20. The van der Waals surface area contributed by atoms with Crippen molar-refractivity contribution in [2.45, 2.75) is 19.8 Å². The van der Waals surface area contributed by atoms with Gasteiger partial charge in [0.25, 0.3) is 11.6 Å². The third-order valence-corrected chi connectivity index (χ3v) is 4.53. The van der Waals surface area contributed by atoms with Crippen molar-refractivity contribution in [3.8, 4) is 0 Å². The van der Waals surface area contributed by atoms with Crippen LogP contribution >= 0.6 is 0 Å². The molecular weight excluding hydrogens is 310 g/mol. The van der Waals surface area contributed by atoms with Gasteiger partial charge in [0.1, 0.15) is 0 Å². The van der Waals surface area contributed by atoms with E-state index in [1.54, 1.807) is 20.1 Å². The fourth-order valence-electron chi connectivity index (χ4n) is 2.98. The van der Waals surface area contributed by atoms with Gasteiger partial charge in [0.2, 0.25) is 0 Å². The quantitative estimate of drug-likeness (QED) is 0.608. The minimum atomic E-state index is -0.436. The molecule has 1 aromatic carbocycles. The zero-order valence-corrected chi connectivity index (χ0v) is 14.3. The van der Waals surface area contributed by atoms with Crippen LogP contribution in [-0.2, 0) is 4.74 Å². The van der Waals surface area contributed by atoms with Crippen LogP contribution in [0.3, 0.4) is 0 Å². The number of nitrogens with one attached hydrogen (secondary N) is 1. The Labute approximate surface area is 142 Å². The number of benzene rings is 1. The maximum Gasteiger partial charge on any atom is 0.272 e. The summed E-state index contributed by atoms with van der Waals surface area (Å²) in [4.78, 5) is 25.0. The summed E-state index contributed by atoms with van der Waals surface area (Å²) >= 11 is 0. The average Bonchev–Trinajstić information content (AvgIpc) is 2.58. The predicted octanol–water partition coefficient (Wildman–Crippen LogP) is 1.99. The molecule has 2 rings (SSSR count). The van der Waals surface area contributed by atoms with E-state index >= 15 is 0 Å². The van der Waals surface area contributed by atoms with Crippen molar-refractivity contribution in [3.05, 3.63) is 39.4 Å². The molecule has 1 aromatic rings. The normalized spacial score (nSPS) is 16.1. The largest absolute Gasteiger partial charge is 0.383 e. The third-order valence-electron chi connectivity index (χ3n) is 4.53. The van der Waals surface area contributed by atoms with Crippen LogP contribution in [0.1, 0.15) is 28.8 Å². The number of hydrogen-bond donors (Lipinski definition) is 1. The molecule has 1 N–H and O–H groups in total. The van der Waals surface area contributed by atoms with Gasteiger partial charge in [-0.05, 0) is 50.9 Å². The zero-order chi connectivity index (χ0) is 17.5. The van der Waals surface area contributed by atoms with Gasteiger partial charge in [-0.3, -0.25) is 14.9 Å². The number of aryl methyl sites for hydroxylation is 1. The Balaban J connectivity index is 1.80. The second-order valence-electron chi connectivity index (χ2n) is 6.25. The monoisotopic (exact) mass is 335 g/mol. The Kier molecular flexibility index (Phi) is 6.69. The molecule has 1 fully saturated rings. The Bertz CT molecular complexity index is 583. The van der Waals surface area contributed by atoms with Gasteiger partial charge in [-0.15, -0.1) is 0 Å². The molecule has 0 spiro atoms. The summed E-state index contributed by atoms with van der Waals surface area (Å²) in [5.74, 6) is 0.307. The number of rotatable bonds is 7. The zero-order valence-electron chi connectivity index (χ0n) is 14.3. The molecule has 1 saturated heterocycles. The SMILES string of the molecule is COCCN1CCC(CNC(=O)c2ccc([N+](=O)[O-])c(C)c2)CC1. The lowest BCUT2D eigenvalue weighted by molar-refractivity contribution is -0.385. The predicted molar refractivity (Wildman–Crippen MR) is 91.2 cm³/mol. The molecule has 0 saturated carbocycles.